The van der Waals surface area contributed by atoms with Gasteiger partial charge in [-0.2, -0.15) is 0 Å². The van der Waals surface area contributed by atoms with Crippen LogP contribution in [0.3, 0.4) is 0 Å². The number of rotatable bonds is 4. The third-order valence-electron chi connectivity index (χ3n) is 2.05. The molecule has 0 spiro atoms. The molecule has 6 heteroatoms. The molecule has 1 atom stereocenters. The van der Waals surface area contributed by atoms with Crippen LogP contribution in [0.1, 0.15) is 25.8 Å². The molecule has 0 fully saturated rings. The van der Waals surface area contributed by atoms with Crippen molar-refractivity contribution < 1.29 is 0 Å². The Kier molecular flexibility index (Phi) is 3.07. The Balaban J connectivity index is 3.03. The van der Waals surface area contributed by atoms with Crippen LogP contribution >= 0.6 is 0 Å². The number of H-pyrrole nitrogens is 2. The Morgan fingerprint density at radius 3 is 2.31 bits per heavy atom. The van der Waals surface area contributed by atoms with Crippen molar-refractivity contribution in [3.8, 4) is 0 Å². The van der Waals surface area contributed by atoms with Crippen LogP contribution in [-0.4, -0.2) is 21.3 Å². The molecule has 1 heterocycles. The summed E-state index contributed by atoms with van der Waals surface area (Å²) in [6.07, 6.45) is 1.36. The predicted octanol–water partition coefficient (Wildman–Crippen LogP) is -0.835. The van der Waals surface area contributed by atoms with Crippen LogP contribution in [0.4, 0.5) is 0 Å². The largest absolute Gasteiger partial charge is 0.344 e. The topological polar surface area (TPSA) is 96.7 Å². The van der Waals surface area contributed by atoms with Gasteiger partial charge in [-0.3, -0.25) is 0 Å². The van der Waals surface area contributed by atoms with Crippen LogP contribution in [0.5, 0.6) is 0 Å². The van der Waals surface area contributed by atoms with Crippen molar-refractivity contribution in [2.24, 2.45) is 5.73 Å². The molecule has 0 aliphatic heterocycles. The molecule has 1 aromatic rings. The molecule has 1 rings (SSSR count). The standard InChI is InChI=1S/C7H14N4O2/c1-2-5(3-4-8)11-6(12)9-10-7(11)13/h5H,2-4,8H2,1H3,(H,9,12)(H,10,13). The highest BCUT2D eigenvalue weighted by atomic mass is 16.2. The maximum atomic E-state index is 11.2. The molecule has 0 aromatic carbocycles. The first kappa shape index (κ1) is 9.79. The van der Waals surface area contributed by atoms with Gasteiger partial charge in [0.2, 0.25) is 0 Å². The fourth-order valence-electron chi connectivity index (χ4n) is 1.36. The van der Waals surface area contributed by atoms with Gasteiger partial charge in [0.15, 0.2) is 0 Å². The number of hydrogen-bond donors (Lipinski definition) is 3. The minimum absolute atomic E-state index is 0.104. The zero-order chi connectivity index (χ0) is 9.84. The summed E-state index contributed by atoms with van der Waals surface area (Å²) in [5.74, 6) is 0. The molecule has 4 N–H and O–H groups in total. The van der Waals surface area contributed by atoms with Gasteiger partial charge in [0.25, 0.3) is 0 Å². The van der Waals surface area contributed by atoms with Crippen molar-refractivity contribution in [3.05, 3.63) is 21.0 Å². The molecular weight excluding hydrogens is 172 g/mol. The average molecular weight is 186 g/mol. The van der Waals surface area contributed by atoms with Crippen molar-refractivity contribution in [1.29, 1.82) is 0 Å². The number of nitrogens with one attached hydrogen (secondary N) is 2. The summed E-state index contributed by atoms with van der Waals surface area (Å²) in [6, 6.07) is -0.104. The third-order valence-corrected chi connectivity index (χ3v) is 2.05. The number of nitrogens with zero attached hydrogens (tertiary/aromatic N) is 1. The van der Waals surface area contributed by atoms with Gasteiger partial charge in [0, 0.05) is 6.04 Å². The highest BCUT2D eigenvalue weighted by Crippen LogP contribution is 2.08. The summed E-state index contributed by atoms with van der Waals surface area (Å²) in [6.45, 7) is 2.38. The fraction of sp³-hybridized carbons (Fsp3) is 0.714. The minimum Gasteiger partial charge on any atom is -0.330 e. The van der Waals surface area contributed by atoms with E-state index in [4.69, 9.17) is 5.73 Å². The van der Waals surface area contributed by atoms with E-state index in [1.165, 1.54) is 4.57 Å². The Morgan fingerprint density at radius 2 is 1.92 bits per heavy atom. The molecule has 13 heavy (non-hydrogen) atoms. The minimum atomic E-state index is -0.398. The van der Waals surface area contributed by atoms with Crippen molar-refractivity contribution in [2.45, 2.75) is 25.8 Å². The molecule has 0 radical (unpaired) electrons. The first-order valence-corrected chi connectivity index (χ1v) is 4.30. The van der Waals surface area contributed by atoms with Crippen molar-refractivity contribution in [1.82, 2.24) is 14.8 Å². The van der Waals surface area contributed by atoms with E-state index in [-0.39, 0.29) is 6.04 Å². The molecule has 0 bridgehead atoms. The summed E-state index contributed by atoms with van der Waals surface area (Å²) >= 11 is 0. The number of hydrogen-bond acceptors (Lipinski definition) is 3. The Hall–Kier alpha value is -1.30. The number of aromatic nitrogens is 3. The van der Waals surface area contributed by atoms with E-state index in [0.717, 1.165) is 6.42 Å². The van der Waals surface area contributed by atoms with Crippen LogP contribution in [0, 0.1) is 0 Å². The molecule has 0 amide bonds. The van der Waals surface area contributed by atoms with E-state index in [0.29, 0.717) is 13.0 Å². The molecular formula is C7H14N4O2. The molecule has 0 aliphatic carbocycles. The normalized spacial score (nSPS) is 13.1. The van der Waals surface area contributed by atoms with E-state index in [1.54, 1.807) is 0 Å². The molecule has 6 nitrogen and oxygen atoms in total. The number of aromatic amines is 2. The summed E-state index contributed by atoms with van der Waals surface area (Å²) < 4.78 is 1.17. The molecule has 1 unspecified atom stereocenters. The van der Waals surface area contributed by atoms with E-state index in [2.05, 4.69) is 10.2 Å². The average Bonchev–Trinajstić information content (AvgIpc) is 2.43. The van der Waals surface area contributed by atoms with Crippen LogP contribution in [0.2, 0.25) is 0 Å². The second kappa shape index (κ2) is 4.08. The first-order valence-electron chi connectivity index (χ1n) is 4.30. The summed E-state index contributed by atoms with van der Waals surface area (Å²) in [5.41, 5.74) is 4.58. The Morgan fingerprint density at radius 1 is 1.38 bits per heavy atom. The molecule has 0 saturated carbocycles. The lowest BCUT2D eigenvalue weighted by molar-refractivity contribution is 0.436. The molecule has 1 aromatic heterocycles. The van der Waals surface area contributed by atoms with Crippen molar-refractivity contribution in [2.75, 3.05) is 6.54 Å². The smallest absolute Gasteiger partial charge is 0.330 e. The molecule has 74 valence electrons. The predicted molar refractivity (Wildman–Crippen MR) is 48.7 cm³/mol. The third kappa shape index (κ3) is 1.89. The van der Waals surface area contributed by atoms with Crippen LogP contribution in [-0.2, 0) is 0 Å². The molecule has 0 saturated heterocycles. The van der Waals surface area contributed by atoms with E-state index in [9.17, 15) is 9.59 Å². The quantitative estimate of drug-likeness (QED) is 0.572. The van der Waals surface area contributed by atoms with E-state index < -0.39 is 11.4 Å². The first-order chi connectivity index (χ1) is 6.20. The Labute approximate surface area is 74.7 Å². The maximum Gasteiger partial charge on any atom is 0.344 e. The van der Waals surface area contributed by atoms with Gasteiger partial charge in [-0.05, 0) is 19.4 Å². The SMILES string of the molecule is CCC(CCN)n1c(=O)[nH][nH]c1=O. The van der Waals surface area contributed by atoms with Gasteiger partial charge in [-0.15, -0.1) is 0 Å². The zero-order valence-corrected chi connectivity index (χ0v) is 7.54. The lowest BCUT2D eigenvalue weighted by Gasteiger charge is -2.11. The maximum absolute atomic E-state index is 11.2. The monoisotopic (exact) mass is 186 g/mol. The Bertz CT molecular complexity index is 334. The van der Waals surface area contributed by atoms with Crippen LogP contribution in [0.15, 0.2) is 9.59 Å². The number of nitrogens with two attached hydrogens (primary N) is 1. The summed E-state index contributed by atoms with van der Waals surface area (Å²) in [7, 11) is 0. The van der Waals surface area contributed by atoms with E-state index >= 15 is 0 Å². The summed E-state index contributed by atoms with van der Waals surface area (Å²) in [4.78, 5) is 22.3. The highest BCUT2D eigenvalue weighted by Gasteiger charge is 2.13. The van der Waals surface area contributed by atoms with Gasteiger partial charge in [0.05, 0.1) is 0 Å². The lowest BCUT2D eigenvalue weighted by Crippen LogP contribution is -2.31. The summed E-state index contributed by atoms with van der Waals surface area (Å²) in [5, 5.41) is 4.48. The second-order valence-corrected chi connectivity index (χ2v) is 2.87. The van der Waals surface area contributed by atoms with Crippen molar-refractivity contribution in [3.63, 3.8) is 0 Å². The van der Waals surface area contributed by atoms with Gasteiger partial charge in [-0.1, -0.05) is 6.92 Å². The van der Waals surface area contributed by atoms with Crippen molar-refractivity contribution >= 4 is 0 Å². The van der Waals surface area contributed by atoms with Gasteiger partial charge in [-0.25, -0.2) is 24.4 Å². The van der Waals surface area contributed by atoms with Crippen LogP contribution < -0.4 is 17.1 Å². The second-order valence-electron chi connectivity index (χ2n) is 2.87. The van der Waals surface area contributed by atoms with Gasteiger partial charge in [0.1, 0.15) is 0 Å². The van der Waals surface area contributed by atoms with Crippen LogP contribution in [0.25, 0.3) is 0 Å². The zero-order valence-electron chi connectivity index (χ0n) is 7.54. The fourth-order valence-corrected chi connectivity index (χ4v) is 1.36. The highest BCUT2D eigenvalue weighted by molar-refractivity contribution is 4.74. The lowest BCUT2D eigenvalue weighted by atomic mass is 10.1. The van der Waals surface area contributed by atoms with E-state index in [1.807, 2.05) is 6.92 Å². The molecule has 0 aliphatic rings. The van der Waals surface area contributed by atoms with Gasteiger partial charge >= 0.3 is 11.4 Å². The van der Waals surface area contributed by atoms with Gasteiger partial charge < -0.3 is 5.73 Å².